The van der Waals surface area contributed by atoms with Crippen LogP contribution in [0.25, 0.3) is 0 Å². The van der Waals surface area contributed by atoms with Crippen LogP contribution in [0.1, 0.15) is 20.8 Å². The molecule has 1 heteroatoms. The summed E-state index contributed by atoms with van der Waals surface area (Å²) in [7, 11) is 2.04. The monoisotopic (exact) mass is 141 g/mol. The molecule has 0 bridgehead atoms. The zero-order chi connectivity index (χ0) is 7.72. The lowest BCUT2D eigenvalue weighted by Gasteiger charge is -2.01. The third kappa shape index (κ3) is 1.34. The van der Waals surface area contributed by atoms with Gasteiger partial charge in [-0.25, -0.2) is 0 Å². The Bertz CT molecular complexity index is 109. The summed E-state index contributed by atoms with van der Waals surface area (Å²) in [6, 6.07) is 0. The van der Waals surface area contributed by atoms with Crippen molar-refractivity contribution in [3.63, 3.8) is 0 Å². The normalized spacial score (nSPS) is 38.7. The molecule has 0 heterocycles. The molecule has 0 aromatic rings. The Labute approximate surface area is 64.2 Å². The highest BCUT2D eigenvalue weighted by Gasteiger charge is 2.47. The fourth-order valence-corrected chi connectivity index (χ4v) is 2.24. The molecule has 0 spiro atoms. The van der Waals surface area contributed by atoms with Crippen LogP contribution in [0.5, 0.6) is 0 Å². The Balaban J connectivity index is 2.27. The maximum Gasteiger partial charge on any atom is -0.00180 e. The third-order valence-electron chi connectivity index (χ3n) is 2.85. The molecule has 0 saturated heterocycles. The first-order chi connectivity index (χ1) is 4.68. The summed E-state index contributed by atoms with van der Waals surface area (Å²) < 4.78 is 0. The first kappa shape index (κ1) is 8.06. The summed E-state index contributed by atoms with van der Waals surface area (Å²) in [5.41, 5.74) is 0. The van der Waals surface area contributed by atoms with Crippen molar-refractivity contribution in [2.75, 3.05) is 13.6 Å². The summed E-state index contributed by atoms with van der Waals surface area (Å²) in [6.07, 6.45) is 0. The van der Waals surface area contributed by atoms with Crippen LogP contribution in [0.4, 0.5) is 0 Å². The van der Waals surface area contributed by atoms with Crippen molar-refractivity contribution in [2.45, 2.75) is 20.8 Å². The molecule has 0 amide bonds. The van der Waals surface area contributed by atoms with Crippen LogP contribution in [0.3, 0.4) is 0 Å². The smallest absolute Gasteiger partial charge is 0.00180 e. The van der Waals surface area contributed by atoms with Crippen LogP contribution in [-0.4, -0.2) is 13.6 Å². The van der Waals surface area contributed by atoms with Crippen LogP contribution in [0.15, 0.2) is 0 Å². The minimum absolute atomic E-state index is 0.883. The molecule has 1 nitrogen and oxygen atoms in total. The molecular formula is C9H19N. The molecule has 1 rings (SSSR count). The lowest BCUT2D eigenvalue weighted by molar-refractivity contribution is 0.500. The molecule has 1 saturated carbocycles. The highest BCUT2D eigenvalue weighted by molar-refractivity contribution is 4.96. The van der Waals surface area contributed by atoms with Crippen molar-refractivity contribution in [1.82, 2.24) is 5.32 Å². The van der Waals surface area contributed by atoms with Crippen molar-refractivity contribution in [1.29, 1.82) is 0 Å². The first-order valence-corrected chi connectivity index (χ1v) is 4.33. The van der Waals surface area contributed by atoms with Gasteiger partial charge in [0.1, 0.15) is 0 Å². The van der Waals surface area contributed by atoms with Crippen molar-refractivity contribution in [2.24, 2.45) is 23.7 Å². The average molecular weight is 141 g/mol. The summed E-state index contributed by atoms with van der Waals surface area (Å²) in [5.74, 6) is 3.80. The molecule has 1 fully saturated rings. The summed E-state index contributed by atoms with van der Waals surface area (Å²) in [4.78, 5) is 0. The van der Waals surface area contributed by atoms with E-state index in [1.807, 2.05) is 7.05 Å². The van der Waals surface area contributed by atoms with Gasteiger partial charge in [-0.15, -0.1) is 0 Å². The standard InChI is InChI=1S/C9H19N/c1-6(2)9-7(3)8(9)5-10-4/h6-10H,5H2,1-4H3. The van der Waals surface area contributed by atoms with Crippen LogP contribution in [0.2, 0.25) is 0 Å². The molecule has 1 aliphatic rings. The fraction of sp³-hybridized carbons (Fsp3) is 1.00. The van der Waals surface area contributed by atoms with Gasteiger partial charge < -0.3 is 5.32 Å². The summed E-state index contributed by atoms with van der Waals surface area (Å²) >= 11 is 0. The minimum Gasteiger partial charge on any atom is -0.319 e. The van der Waals surface area contributed by atoms with Gasteiger partial charge >= 0.3 is 0 Å². The van der Waals surface area contributed by atoms with Crippen LogP contribution >= 0.6 is 0 Å². The molecule has 3 unspecified atom stereocenters. The number of nitrogens with one attached hydrogen (secondary N) is 1. The van der Waals surface area contributed by atoms with E-state index in [9.17, 15) is 0 Å². The molecule has 60 valence electrons. The summed E-state index contributed by atoms with van der Waals surface area (Å²) in [5, 5.41) is 3.24. The van der Waals surface area contributed by atoms with E-state index in [4.69, 9.17) is 0 Å². The molecule has 0 aromatic carbocycles. The molecule has 10 heavy (non-hydrogen) atoms. The van der Waals surface area contributed by atoms with Gasteiger partial charge in [0.2, 0.25) is 0 Å². The SMILES string of the molecule is CNCC1C(C)C1C(C)C. The highest BCUT2D eigenvalue weighted by atomic mass is 14.8. The molecule has 3 atom stereocenters. The molecule has 0 radical (unpaired) electrons. The molecule has 0 aliphatic heterocycles. The van der Waals surface area contributed by atoms with Crippen molar-refractivity contribution in [3.05, 3.63) is 0 Å². The van der Waals surface area contributed by atoms with E-state index in [-0.39, 0.29) is 0 Å². The van der Waals surface area contributed by atoms with E-state index in [2.05, 4.69) is 26.1 Å². The van der Waals surface area contributed by atoms with Gasteiger partial charge in [-0.1, -0.05) is 20.8 Å². The Kier molecular flexibility index (Phi) is 2.35. The van der Waals surface area contributed by atoms with E-state index in [0.29, 0.717) is 0 Å². The third-order valence-corrected chi connectivity index (χ3v) is 2.85. The second-order valence-electron chi connectivity index (χ2n) is 3.90. The molecule has 0 aromatic heterocycles. The van der Waals surface area contributed by atoms with Gasteiger partial charge in [-0.3, -0.25) is 0 Å². The Hall–Kier alpha value is -0.0400. The van der Waals surface area contributed by atoms with Gasteiger partial charge in [0.05, 0.1) is 0 Å². The summed E-state index contributed by atoms with van der Waals surface area (Å²) in [6.45, 7) is 8.24. The number of hydrogen-bond acceptors (Lipinski definition) is 1. The van der Waals surface area contributed by atoms with Gasteiger partial charge in [-0.2, -0.15) is 0 Å². The topological polar surface area (TPSA) is 12.0 Å². The Morgan fingerprint density at radius 2 is 2.00 bits per heavy atom. The highest BCUT2D eigenvalue weighted by Crippen LogP contribution is 2.49. The fourth-order valence-electron chi connectivity index (χ4n) is 2.24. The van der Waals surface area contributed by atoms with Crippen molar-refractivity contribution in [3.8, 4) is 0 Å². The minimum atomic E-state index is 0.883. The van der Waals surface area contributed by atoms with E-state index in [1.54, 1.807) is 0 Å². The maximum atomic E-state index is 3.24. The van der Waals surface area contributed by atoms with E-state index >= 15 is 0 Å². The first-order valence-electron chi connectivity index (χ1n) is 4.33. The number of hydrogen-bond donors (Lipinski definition) is 1. The van der Waals surface area contributed by atoms with Crippen LogP contribution < -0.4 is 5.32 Å². The second kappa shape index (κ2) is 2.91. The van der Waals surface area contributed by atoms with Gasteiger partial charge in [-0.05, 0) is 37.3 Å². The van der Waals surface area contributed by atoms with E-state index in [0.717, 1.165) is 23.7 Å². The van der Waals surface area contributed by atoms with Gasteiger partial charge in [0.25, 0.3) is 0 Å². The molecule has 1 aliphatic carbocycles. The van der Waals surface area contributed by atoms with E-state index in [1.165, 1.54) is 6.54 Å². The maximum absolute atomic E-state index is 3.24. The molecule has 1 N–H and O–H groups in total. The number of rotatable bonds is 3. The van der Waals surface area contributed by atoms with Crippen molar-refractivity contribution < 1.29 is 0 Å². The van der Waals surface area contributed by atoms with Crippen LogP contribution in [-0.2, 0) is 0 Å². The zero-order valence-corrected chi connectivity index (χ0v) is 7.52. The lowest BCUT2D eigenvalue weighted by atomic mass is 10.1. The van der Waals surface area contributed by atoms with Crippen molar-refractivity contribution >= 4 is 0 Å². The second-order valence-corrected chi connectivity index (χ2v) is 3.90. The van der Waals surface area contributed by atoms with Gasteiger partial charge in [0.15, 0.2) is 0 Å². The van der Waals surface area contributed by atoms with Crippen LogP contribution in [0, 0.1) is 23.7 Å². The quantitative estimate of drug-likeness (QED) is 0.631. The predicted molar refractivity (Wildman–Crippen MR) is 44.9 cm³/mol. The van der Waals surface area contributed by atoms with E-state index < -0.39 is 0 Å². The van der Waals surface area contributed by atoms with Gasteiger partial charge in [0, 0.05) is 0 Å². The zero-order valence-electron chi connectivity index (χ0n) is 7.52. The Morgan fingerprint density at radius 3 is 2.30 bits per heavy atom. The lowest BCUT2D eigenvalue weighted by Crippen LogP contribution is -2.11. The predicted octanol–water partition coefficient (Wildman–Crippen LogP) is 1.74. The molecular weight excluding hydrogens is 122 g/mol. The largest absolute Gasteiger partial charge is 0.319 e. The Morgan fingerprint density at radius 1 is 1.40 bits per heavy atom. The average Bonchev–Trinajstić information content (AvgIpc) is 2.43.